The van der Waals surface area contributed by atoms with Gasteiger partial charge in [-0.15, -0.1) is 0 Å². The Morgan fingerprint density at radius 1 is 1.04 bits per heavy atom. The molecule has 2 heterocycles. The van der Waals surface area contributed by atoms with Crippen molar-refractivity contribution in [1.82, 2.24) is 14.7 Å². The van der Waals surface area contributed by atoms with E-state index in [-0.39, 0.29) is 29.3 Å². The van der Waals surface area contributed by atoms with Crippen LogP contribution in [0.1, 0.15) is 52.2 Å². The number of imidazole rings is 1. The Hall–Kier alpha value is -3.48. The van der Waals surface area contributed by atoms with Crippen molar-refractivity contribution in [1.29, 1.82) is 0 Å². The van der Waals surface area contributed by atoms with Gasteiger partial charge in [0.25, 0.3) is 11.8 Å². The van der Waals surface area contributed by atoms with Crippen LogP contribution in [0.5, 0.6) is 0 Å². The first-order valence-corrected chi connectivity index (χ1v) is 8.57. The largest absolute Gasteiger partial charge is 0.347 e. The van der Waals surface area contributed by atoms with Crippen molar-refractivity contribution in [2.45, 2.75) is 26.8 Å². The van der Waals surface area contributed by atoms with Gasteiger partial charge in [0.05, 0.1) is 5.52 Å². The van der Waals surface area contributed by atoms with E-state index in [2.05, 4.69) is 15.6 Å². The fourth-order valence-electron chi connectivity index (χ4n) is 2.70. The molecule has 7 nitrogen and oxygen atoms in total. The van der Waals surface area contributed by atoms with Crippen molar-refractivity contribution < 1.29 is 14.4 Å². The van der Waals surface area contributed by atoms with Gasteiger partial charge in [-0.05, 0) is 45.0 Å². The molecule has 0 fully saturated rings. The number of Topliss-reactive ketones (excluding diaryl/α,β-unsaturated/α-hetero) is 1. The van der Waals surface area contributed by atoms with Crippen LogP contribution in [-0.2, 0) is 0 Å². The summed E-state index contributed by atoms with van der Waals surface area (Å²) in [6.07, 6.45) is 1.69. The Morgan fingerprint density at radius 2 is 1.81 bits per heavy atom. The molecule has 0 atom stereocenters. The topological polar surface area (TPSA) is 92.6 Å². The Morgan fingerprint density at radius 3 is 2.52 bits per heavy atom. The SMILES string of the molecule is CC(=O)c1cccc(NC(=O)c2nc(C(=O)NC(C)C)n3ccccc23)c1. The Balaban J connectivity index is 1.96. The molecule has 7 heteroatoms. The monoisotopic (exact) mass is 364 g/mol. The van der Waals surface area contributed by atoms with Gasteiger partial charge in [0.15, 0.2) is 11.5 Å². The van der Waals surface area contributed by atoms with E-state index in [0.717, 1.165) is 0 Å². The highest BCUT2D eigenvalue weighted by Gasteiger charge is 2.22. The minimum atomic E-state index is -0.456. The van der Waals surface area contributed by atoms with Gasteiger partial charge in [0.1, 0.15) is 0 Å². The lowest BCUT2D eigenvalue weighted by Crippen LogP contribution is -2.31. The summed E-state index contributed by atoms with van der Waals surface area (Å²) in [5, 5.41) is 5.52. The average Bonchev–Trinajstić information content (AvgIpc) is 3.01. The first-order chi connectivity index (χ1) is 12.9. The number of hydrogen-bond acceptors (Lipinski definition) is 4. The Kier molecular flexibility index (Phi) is 5.03. The molecule has 2 N–H and O–H groups in total. The van der Waals surface area contributed by atoms with E-state index in [0.29, 0.717) is 16.8 Å². The third kappa shape index (κ3) is 3.87. The number of pyridine rings is 1. The van der Waals surface area contributed by atoms with Gasteiger partial charge in [-0.2, -0.15) is 0 Å². The molecule has 0 unspecified atom stereocenters. The summed E-state index contributed by atoms with van der Waals surface area (Å²) < 4.78 is 1.58. The summed E-state index contributed by atoms with van der Waals surface area (Å²) in [5.74, 6) is -0.764. The highest BCUT2D eigenvalue weighted by atomic mass is 16.2. The maximum absolute atomic E-state index is 12.8. The number of ketones is 1. The minimum absolute atomic E-state index is 0.0554. The smallest absolute Gasteiger partial charge is 0.287 e. The molecule has 1 aromatic carbocycles. The number of aromatic nitrogens is 2. The first-order valence-electron chi connectivity index (χ1n) is 8.57. The third-order valence-corrected chi connectivity index (χ3v) is 3.91. The fourth-order valence-corrected chi connectivity index (χ4v) is 2.70. The summed E-state index contributed by atoms with van der Waals surface area (Å²) in [5.41, 5.74) is 1.64. The van der Waals surface area contributed by atoms with Crippen LogP contribution >= 0.6 is 0 Å². The second-order valence-corrected chi connectivity index (χ2v) is 6.46. The number of fused-ring (bicyclic) bond motifs is 1. The lowest BCUT2D eigenvalue weighted by Gasteiger charge is -2.06. The maximum atomic E-state index is 12.8. The number of nitrogens with one attached hydrogen (secondary N) is 2. The summed E-state index contributed by atoms with van der Waals surface area (Å²) in [4.78, 5) is 41.0. The minimum Gasteiger partial charge on any atom is -0.347 e. The number of hydrogen-bond donors (Lipinski definition) is 2. The molecule has 27 heavy (non-hydrogen) atoms. The van der Waals surface area contributed by atoms with Crippen LogP contribution in [0.3, 0.4) is 0 Å². The quantitative estimate of drug-likeness (QED) is 0.681. The van der Waals surface area contributed by atoms with E-state index in [1.165, 1.54) is 6.92 Å². The lowest BCUT2D eigenvalue weighted by molar-refractivity contribution is 0.0931. The molecule has 0 bridgehead atoms. The molecule has 3 aromatic rings. The van der Waals surface area contributed by atoms with E-state index in [4.69, 9.17) is 0 Å². The summed E-state index contributed by atoms with van der Waals surface area (Å²) >= 11 is 0. The molecule has 0 aliphatic carbocycles. The zero-order chi connectivity index (χ0) is 19.6. The maximum Gasteiger partial charge on any atom is 0.287 e. The van der Waals surface area contributed by atoms with Crippen molar-refractivity contribution in [3.8, 4) is 0 Å². The first kappa shape index (κ1) is 18.3. The molecule has 0 radical (unpaired) electrons. The lowest BCUT2D eigenvalue weighted by atomic mass is 10.1. The summed E-state index contributed by atoms with van der Waals surface area (Å²) in [6, 6.07) is 11.9. The molecule has 0 saturated carbocycles. The zero-order valence-electron chi connectivity index (χ0n) is 15.3. The van der Waals surface area contributed by atoms with Crippen molar-refractivity contribution in [3.63, 3.8) is 0 Å². The predicted molar refractivity (Wildman–Crippen MR) is 102 cm³/mol. The summed E-state index contributed by atoms with van der Waals surface area (Å²) in [7, 11) is 0. The van der Waals surface area contributed by atoms with E-state index in [9.17, 15) is 14.4 Å². The number of carbonyl (C=O) groups excluding carboxylic acids is 3. The number of rotatable bonds is 5. The second kappa shape index (κ2) is 7.41. The Bertz CT molecular complexity index is 1040. The Labute approximate surface area is 156 Å². The van der Waals surface area contributed by atoms with Gasteiger partial charge >= 0.3 is 0 Å². The molecular formula is C20H20N4O3. The van der Waals surface area contributed by atoms with Gasteiger partial charge in [0, 0.05) is 23.5 Å². The van der Waals surface area contributed by atoms with Gasteiger partial charge in [-0.25, -0.2) is 4.98 Å². The van der Waals surface area contributed by atoms with E-state index in [1.54, 1.807) is 53.1 Å². The van der Waals surface area contributed by atoms with Crippen LogP contribution < -0.4 is 10.6 Å². The normalized spacial score (nSPS) is 10.8. The molecular weight excluding hydrogens is 344 g/mol. The van der Waals surface area contributed by atoms with Crippen LogP contribution in [0.25, 0.3) is 5.52 Å². The fraction of sp³-hybridized carbons (Fsp3) is 0.200. The molecule has 0 aliphatic rings. The molecule has 0 spiro atoms. The standard InChI is InChI=1S/C20H20N4O3/c1-12(2)21-20(27)18-23-17(16-9-4-5-10-24(16)18)19(26)22-15-8-6-7-14(11-15)13(3)25/h4-12H,1-3H3,(H,21,27)(H,22,26). The number of carbonyl (C=O) groups is 3. The van der Waals surface area contributed by atoms with Crippen molar-refractivity contribution >= 4 is 28.8 Å². The van der Waals surface area contributed by atoms with Gasteiger partial charge < -0.3 is 10.6 Å². The molecule has 2 amide bonds. The molecule has 2 aromatic heterocycles. The van der Waals surface area contributed by atoms with Gasteiger partial charge in [0.2, 0.25) is 5.82 Å². The van der Waals surface area contributed by atoms with Crippen LogP contribution in [0.2, 0.25) is 0 Å². The van der Waals surface area contributed by atoms with Crippen molar-refractivity contribution in [3.05, 3.63) is 65.7 Å². The van der Waals surface area contributed by atoms with E-state index in [1.807, 2.05) is 13.8 Å². The number of nitrogens with zero attached hydrogens (tertiary/aromatic N) is 2. The number of anilines is 1. The zero-order valence-corrected chi connectivity index (χ0v) is 15.3. The third-order valence-electron chi connectivity index (χ3n) is 3.91. The number of amides is 2. The second-order valence-electron chi connectivity index (χ2n) is 6.46. The van der Waals surface area contributed by atoms with E-state index >= 15 is 0 Å². The van der Waals surface area contributed by atoms with E-state index < -0.39 is 5.91 Å². The van der Waals surface area contributed by atoms with Crippen LogP contribution in [0.4, 0.5) is 5.69 Å². The summed E-state index contributed by atoms with van der Waals surface area (Å²) in [6.45, 7) is 5.16. The average molecular weight is 364 g/mol. The predicted octanol–water partition coefficient (Wildman–Crippen LogP) is 2.93. The van der Waals surface area contributed by atoms with Crippen LogP contribution in [-0.4, -0.2) is 33.0 Å². The van der Waals surface area contributed by atoms with Crippen molar-refractivity contribution in [2.75, 3.05) is 5.32 Å². The molecule has 0 saturated heterocycles. The van der Waals surface area contributed by atoms with Gasteiger partial charge in [-0.3, -0.25) is 18.8 Å². The molecule has 3 rings (SSSR count). The molecule has 138 valence electrons. The highest BCUT2D eigenvalue weighted by Crippen LogP contribution is 2.17. The van der Waals surface area contributed by atoms with Crippen molar-refractivity contribution in [2.24, 2.45) is 0 Å². The van der Waals surface area contributed by atoms with Gasteiger partial charge in [-0.1, -0.05) is 18.2 Å². The van der Waals surface area contributed by atoms with Crippen LogP contribution in [0, 0.1) is 0 Å². The highest BCUT2D eigenvalue weighted by molar-refractivity contribution is 6.09. The molecule has 0 aliphatic heterocycles. The van der Waals surface area contributed by atoms with Crippen LogP contribution in [0.15, 0.2) is 48.7 Å². The number of benzene rings is 1.